The van der Waals surface area contributed by atoms with Gasteiger partial charge < -0.3 is 19.7 Å². The molecule has 5 aromatic rings. The third-order valence-corrected chi connectivity index (χ3v) is 7.09. The molecule has 0 radical (unpaired) electrons. The molecular formula is C32H27ClFN3O2. The average Bonchev–Trinajstić information content (AvgIpc) is 2.97. The lowest BCUT2D eigenvalue weighted by atomic mass is 10.0. The number of anilines is 3. The van der Waals surface area contributed by atoms with Crippen LogP contribution in [0.4, 0.5) is 21.5 Å². The number of halogens is 2. The zero-order valence-corrected chi connectivity index (χ0v) is 22.0. The monoisotopic (exact) mass is 539 g/mol. The van der Waals surface area contributed by atoms with Crippen LogP contribution in [0.1, 0.15) is 5.56 Å². The zero-order valence-electron chi connectivity index (χ0n) is 21.2. The van der Waals surface area contributed by atoms with E-state index < -0.39 is 0 Å². The van der Waals surface area contributed by atoms with Crippen LogP contribution in [-0.2, 0) is 11.3 Å². The van der Waals surface area contributed by atoms with Gasteiger partial charge in [-0.3, -0.25) is 4.98 Å². The van der Waals surface area contributed by atoms with Gasteiger partial charge >= 0.3 is 0 Å². The van der Waals surface area contributed by atoms with Gasteiger partial charge in [-0.15, -0.1) is 0 Å². The predicted octanol–water partition coefficient (Wildman–Crippen LogP) is 7.85. The number of nitrogens with one attached hydrogen (secondary N) is 1. The molecule has 2 heterocycles. The van der Waals surface area contributed by atoms with E-state index in [4.69, 9.17) is 21.1 Å². The number of benzene rings is 4. The Hall–Kier alpha value is -4.13. The fourth-order valence-electron chi connectivity index (χ4n) is 4.78. The normalized spacial score (nSPS) is 13.4. The number of hydrogen-bond acceptors (Lipinski definition) is 5. The Labute approximate surface area is 231 Å². The van der Waals surface area contributed by atoms with Crippen molar-refractivity contribution in [2.75, 3.05) is 36.5 Å². The molecule has 0 bridgehead atoms. The van der Waals surface area contributed by atoms with E-state index in [0.29, 0.717) is 10.8 Å². The number of nitrogens with zero attached hydrogens (tertiary/aromatic N) is 2. The van der Waals surface area contributed by atoms with Gasteiger partial charge in [-0.1, -0.05) is 41.9 Å². The highest BCUT2D eigenvalue weighted by atomic mass is 35.5. The minimum Gasteiger partial charge on any atom is -0.487 e. The number of pyridine rings is 1. The molecule has 0 spiro atoms. The van der Waals surface area contributed by atoms with Gasteiger partial charge in [0, 0.05) is 41.7 Å². The molecule has 1 fully saturated rings. The summed E-state index contributed by atoms with van der Waals surface area (Å²) in [7, 11) is 0. The molecule has 1 aromatic heterocycles. The highest BCUT2D eigenvalue weighted by molar-refractivity contribution is 6.32. The van der Waals surface area contributed by atoms with Crippen molar-refractivity contribution in [2.24, 2.45) is 0 Å². The number of hydrogen-bond donors (Lipinski definition) is 1. The smallest absolute Gasteiger partial charge is 0.138 e. The van der Waals surface area contributed by atoms with E-state index in [9.17, 15) is 4.39 Å². The summed E-state index contributed by atoms with van der Waals surface area (Å²) in [4.78, 5) is 6.92. The van der Waals surface area contributed by atoms with Crippen LogP contribution in [0.15, 0.2) is 97.2 Å². The first-order valence-corrected chi connectivity index (χ1v) is 13.3. The zero-order chi connectivity index (χ0) is 26.6. The molecule has 6 rings (SSSR count). The molecule has 196 valence electrons. The summed E-state index contributed by atoms with van der Waals surface area (Å²) in [6.45, 7) is 3.54. The first kappa shape index (κ1) is 25.2. The topological polar surface area (TPSA) is 46.6 Å². The summed E-state index contributed by atoms with van der Waals surface area (Å²) < 4.78 is 24.8. The van der Waals surface area contributed by atoms with Gasteiger partial charge in [0.25, 0.3) is 0 Å². The van der Waals surface area contributed by atoms with Gasteiger partial charge in [0.1, 0.15) is 18.2 Å². The lowest BCUT2D eigenvalue weighted by Gasteiger charge is -2.29. The van der Waals surface area contributed by atoms with E-state index >= 15 is 0 Å². The maximum atomic E-state index is 13.5. The Bertz CT molecular complexity index is 1620. The third kappa shape index (κ3) is 5.82. The third-order valence-electron chi connectivity index (χ3n) is 6.79. The standard InChI is InChI=1S/C32H27ClFN3O2/c33-29-20-26(8-10-32(29)39-21-22-3-1-5-25(34)17-22)36-31-11-12-35-30-9-7-24(19-28(30)31)23-4-2-6-27(18-23)37-13-15-38-16-14-37/h1-12,17-20H,13-16,21H2,(H,35,36). The Balaban J connectivity index is 1.23. The van der Waals surface area contributed by atoms with E-state index in [1.54, 1.807) is 12.3 Å². The van der Waals surface area contributed by atoms with E-state index in [1.165, 1.54) is 17.8 Å². The second-order valence-corrected chi connectivity index (χ2v) is 9.84. The summed E-state index contributed by atoms with van der Waals surface area (Å²) in [5, 5.41) is 4.96. The largest absolute Gasteiger partial charge is 0.487 e. The fourth-order valence-corrected chi connectivity index (χ4v) is 5.01. The second-order valence-electron chi connectivity index (χ2n) is 9.43. The molecule has 0 amide bonds. The number of rotatable bonds is 7. The first-order chi connectivity index (χ1) is 19.1. The van der Waals surface area contributed by atoms with Crippen LogP contribution in [0.5, 0.6) is 5.75 Å². The molecule has 4 aromatic carbocycles. The minimum atomic E-state index is -0.292. The van der Waals surface area contributed by atoms with Crippen molar-refractivity contribution in [3.63, 3.8) is 0 Å². The first-order valence-electron chi connectivity index (χ1n) is 12.9. The average molecular weight is 540 g/mol. The van der Waals surface area contributed by atoms with Crippen LogP contribution >= 0.6 is 11.6 Å². The Morgan fingerprint density at radius 3 is 2.59 bits per heavy atom. The van der Waals surface area contributed by atoms with Crippen molar-refractivity contribution in [2.45, 2.75) is 6.61 Å². The molecule has 0 atom stereocenters. The molecule has 1 aliphatic rings. The van der Waals surface area contributed by atoms with Gasteiger partial charge in [-0.05, 0) is 77.4 Å². The Kier molecular flexibility index (Phi) is 7.30. The van der Waals surface area contributed by atoms with Crippen molar-refractivity contribution in [3.8, 4) is 16.9 Å². The SMILES string of the molecule is Fc1cccc(COc2ccc(Nc3ccnc4ccc(-c5cccc(N6CCOCC6)c5)cc34)cc2Cl)c1. The number of fused-ring (bicyclic) bond motifs is 1. The molecule has 7 heteroatoms. The Morgan fingerprint density at radius 1 is 0.897 bits per heavy atom. The van der Waals surface area contributed by atoms with Crippen LogP contribution in [0.2, 0.25) is 5.02 Å². The van der Waals surface area contributed by atoms with Gasteiger partial charge in [-0.25, -0.2) is 4.39 Å². The van der Waals surface area contributed by atoms with E-state index in [0.717, 1.165) is 65.3 Å². The summed E-state index contributed by atoms with van der Waals surface area (Å²) in [5.74, 6) is 0.243. The van der Waals surface area contributed by atoms with E-state index in [-0.39, 0.29) is 12.4 Å². The van der Waals surface area contributed by atoms with Gasteiger partial charge in [0.05, 0.1) is 23.8 Å². The van der Waals surface area contributed by atoms with Crippen molar-refractivity contribution in [3.05, 3.63) is 114 Å². The number of aromatic nitrogens is 1. The van der Waals surface area contributed by atoms with Gasteiger partial charge in [-0.2, -0.15) is 0 Å². The molecule has 1 saturated heterocycles. The molecule has 0 aliphatic carbocycles. The summed E-state index contributed by atoms with van der Waals surface area (Å²) in [6.07, 6.45) is 1.79. The molecule has 39 heavy (non-hydrogen) atoms. The van der Waals surface area contributed by atoms with Crippen molar-refractivity contribution in [1.29, 1.82) is 0 Å². The lowest BCUT2D eigenvalue weighted by molar-refractivity contribution is 0.122. The van der Waals surface area contributed by atoms with Gasteiger partial charge in [0.2, 0.25) is 0 Å². The van der Waals surface area contributed by atoms with Crippen LogP contribution in [0.25, 0.3) is 22.0 Å². The van der Waals surface area contributed by atoms with E-state index in [2.05, 4.69) is 51.6 Å². The molecule has 1 aliphatic heterocycles. The molecule has 0 saturated carbocycles. The summed E-state index contributed by atoms with van der Waals surface area (Å²) >= 11 is 6.53. The molecule has 0 unspecified atom stereocenters. The Morgan fingerprint density at radius 2 is 1.74 bits per heavy atom. The maximum Gasteiger partial charge on any atom is 0.138 e. The lowest BCUT2D eigenvalue weighted by Crippen LogP contribution is -2.36. The predicted molar refractivity (Wildman–Crippen MR) is 156 cm³/mol. The molecule has 5 nitrogen and oxygen atoms in total. The maximum absolute atomic E-state index is 13.5. The van der Waals surface area contributed by atoms with Crippen LogP contribution < -0.4 is 15.0 Å². The number of morpholine rings is 1. The summed E-state index contributed by atoms with van der Waals surface area (Å²) in [5.41, 5.74) is 6.86. The van der Waals surface area contributed by atoms with Crippen molar-refractivity contribution in [1.82, 2.24) is 4.98 Å². The quantitative estimate of drug-likeness (QED) is 0.228. The summed E-state index contributed by atoms with van der Waals surface area (Å²) in [6, 6.07) is 28.8. The second kappa shape index (κ2) is 11.3. The number of ether oxygens (including phenoxy) is 2. The van der Waals surface area contributed by atoms with Crippen molar-refractivity contribution >= 4 is 39.6 Å². The van der Waals surface area contributed by atoms with Crippen LogP contribution in [-0.4, -0.2) is 31.3 Å². The highest BCUT2D eigenvalue weighted by Crippen LogP contribution is 2.34. The van der Waals surface area contributed by atoms with Gasteiger partial charge in [0.15, 0.2) is 0 Å². The van der Waals surface area contributed by atoms with Crippen LogP contribution in [0.3, 0.4) is 0 Å². The van der Waals surface area contributed by atoms with E-state index in [1.807, 2.05) is 36.4 Å². The minimum absolute atomic E-state index is 0.231. The highest BCUT2D eigenvalue weighted by Gasteiger charge is 2.13. The van der Waals surface area contributed by atoms with Crippen molar-refractivity contribution < 1.29 is 13.9 Å². The molecule has 1 N–H and O–H groups in total. The fraction of sp³-hybridized carbons (Fsp3) is 0.156. The van der Waals surface area contributed by atoms with Crippen LogP contribution in [0, 0.1) is 5.82 Å². The molecular weight excluding hydrogens is 513 g/mol.